The number of ether oxygens (including phenoxy) is 2. The fourth-order valence-electron chi connectivity index (χ4n) is 8.45. The van der Waals surface area contributed by atoms with Crippen LogP contribution in [0.1, 0.15) is 72.0 Å². The Morgan fingerprint density at radius 1 is 1.06 bits per heavy atom. The summed E-state index contributed by atoms with van der Waals surface area (Å²) in [6.07, 6.45) is 11.3. The van der Waals surface area contributed by atoms with Gasteiger partial charge in [0.05, 0.1) is 33.9 Å². The standard InChI is InChI=1S/C41H46Cl2N2O5S/c1-49-38-7-3-2-4-21-51(48,25-34(46)16-10-28-8-13-32(42)14-9-28)44-40(47)30-12-19-39-37(23-30)45(24-31-11-17-35(31)38)26-41(27-50-39)20-5-6-29-22-33(43)15-18-36(29)41/h3,7-9,12-15,18-19,22-23,31,35,38H,2,4-6,10-11,16-17,20-21,24-27H2,1H3/b7-3+/t31-,35+,38-,41-,51+/m0/s1. The summed E-state index contributed by atoms with van der Waals surface area (Å²) in [5.74, 6) is 0.662. The van der Waals surface area contributed by atoms with E-state index in [4.69, 9.17) is 32.7 Å². The Labute approximate surface area is 311 Å². The van der Waals surface area contributed by atoms with Crippen LogP contribution in [0.25, 0.3) is 0 Å². The molecule has 0 N–H and O–H groups in total. The highest BCUT2D eigenvalue weighted by Gasteiger charge is 2.44. The van der Waals surface area contributed by atoms with Crippen LogP contribution < -0.4 is 9.64 Å². The topological polar surface area (TPSA) is 85.3 Å². The SMILES string of the molecule is CO[C@H]1/C=C/CCC[S@@](=O)(CC(=O)CCc2ccc(Cl)cc2)=NC(=O)c2ccc3c(c2)N(C[C@@H]2CC[C@H]21)C[C@@]1(CCCc2cc(Cl)ccc21)CO3. The number of hydrogen-bond donors (Lipinski definition) is 0. The quantitative estimate of drug-likeness (QED) is 0.235. The summed E-state index contributed by atoms with van der Waals surface area (Å²) in [4.78, 5) is 29.6. The number of Topliss-reactive ketones (excluding diaryl/α,β-unsaturated/α-hetero) is 1. The maximum atomic E-state index is 14.4. The van der Waals surface area contributed by atoms with Crippen LogP contribution >= 0.6 is 23.2 Å². The molecule has 2 aliphatic heterocycles. The van der Waals surface area contributed by atoms with Gasteiger partial charge < -0.3 is 14.4 Å². The van der Waals surface area contributed by atoms with Gasteiger partial charge in [-0.25, -0.2) is 4.21 Å². The lowest BCUT2D eigenvalue weighted by Crippen LogP contribution is -2.49. The van der Waals surface area contributed by atoms with Crippen molar-refractivity contribution >= 4 is 50.3 Å². The third-order valence-corrected chi connectivity index (χ3v) is 14.0. The van der Waals surface area contributed by atoms with Crippen molar-refractivity contribution in [3.05, 3.63) is 105 Å². The summed E-state index contributed by atoms with van der Waals surface area (Å²) in [6.45, 7) is 2.05. The number of carbonyl (C=O) groups excluding carboxylic acids is 2. The summed E-state index contributed by atoms with van der Waals surface area (Å²) in [7, 11) is -1.40. The molecule has 0 unspecified atom stereocenters. The van der Waals surface area contributed by atoms with Gasteiger partial charge in [-0.2, -0.15) is 4.36 Å². The second-order valence-corrected chi connectivity index (χ2v) is 18.0. The van der Waals surface area contributed by atoms with Crippen LogP contribution in [-0.2, 0) is 37.5 Å². The Bertz CT molecular complexity index is 1940. The summed E-state index contributed by atoms with van der Waals surface area (Å²) in [6, 6.07) is 19.0. The number of nitrogens with zero attached hydrogens (tertiary/aromatic N) is 2. The smallest absolute Gasteiger partial charge is 0.285 e. The molecule has 7 nitrogen and oxygen atoms in total. The molecule has 3 aromatic carbocycles. The van der Waals surface area contributed by atoms with Gasteiger partial charge in [0.25, 0.3) is 5.91 Å². The molecule has 1 spiro atoms. The number of carbonyl (C=O) groups is 2. The normalized spacial score (nSPS) is 28.3. The van der Waals surface area contributed by atoms with Gasteiger partial charge in [0.1, 0.15) is 11.5 Å². The zero-order valence-corrected chi connectivity index (χ0v) is 31.5. The van der Waals surface area contributed by atoms with Crippen molar-refractivity contribution in [1.82, 2.24) is 0 Å². The Morgan fingerprint density at radius 2 is 1.88 bits per heavy atom. The maximum absolute atomic E-state index is 14.4. The van der Waals surface area contributed by atoms with E-state index in [1.165, 1.54) is 11.1 Å². The van der Waals surface area contributed by atoms with E-state index in [1.807, 2.05) is 30.3 Å². The second kappa shape index (κ2) is 15.4. The first-order valence-corrected chi connectivity index (χ1v) is 20.8. The average molecular weight is 750 g/mol. The predicted molar refractivity (Wildman–Crippen MR) is 205 cm³/mol. The first kappa shape index (κ1) is 36.2. The first-order valence-electron chi connectivity index (χ1n) is 18.2. The van der Waals surface area contributed by atoms with Gasteiger partial charge in [0.2, 0.25) is 0 Å². The molecule has 7 rings (SSSR count). The number of hydrogen-bond acceptors (Lipinski definition) is 6. The van der Waals surface area contributed by atoms with Crippen molar-refractivity contribution < 1.29 is 23.3 Å². The van der Waals surface area contributed by atoms with E-state index in [9.17, 15) is 13.8 Å². The monoisotopic (exact) mass is 748 g/mol. The van der Waals surface area contributed by atoms with Gasteiger partial charge in [0, 0.05) is 53.4 Å². The number of amides is 1. The van der Waals surface area contributed by atoms with E-state index in [1.54, 1.807) is 25.3 Å². The van der Waals surface area contributed by atoms with Crippen LogP contribution in [0.5, 0.6) is 5.75 Å². The fraction of sp³-hybridized carbons (Fsp3) is 0.463. The zero-order chi connectivity index (χ0) is 35.6. The van der Waals surface area contributed by atoms with Crippen LogP contribution in [0, 0.1) is 11.8 Å². The van der Waals surface area contributed by atoms with E-state index in [0.717, 1.165) is 67.2 Å². The van der Waals surface area contributed by atoms with Gasteiger partial charge in [-0.1, -0.05) is 53.6 Å². The highest BCUT2D eigenvalue weighted by Crippen LogP contribution is 2.47. The number of benzene rings is 3. The molecule has 1 amide bonds. The lowest BCUT2D eigenvalue weighted by molar-refractivity contribution is -0.116. The number of methoxy groups -OCH3 is 1. The lowest BCUT2D eigenvalue weighted by Gasteiger charge is -2.46. The van der Waals surface area contributed by atoms with Crippen molar-refractivity contribution in [3.8, 4) is 5.75 Å². The largest absolute Gasteiger partial charge is 0.490 e. The fourth-order valence-corrected chi connectivity index (χ4v) is 10.7. The van der Waals surface area contributed by atoms with Crippen molar-refractivity contribution in [1.29, 1.82) is 0 Å². The molecule has 10 heteroatoms. The Hall–Kier alpha value is -3.17. The minimum atomic E-state index is -3.17. The molecule has 0 aromatic heterocycles. The maximum Gasteiger partial charge on any atom is 0.285 e. The molecule has 2 aliphatic carbocycles. The van der Waals surface area contributed by atoms with E-state index < -0.39 is 15.6 Å². The molecule has 2 bridgehead atoms. The Kier molecular flexibility index (Phi) is 11.0. The zero-order valence-electron chi connectivity index (χ0n) is 29.2. The van der Waals surface area contributed by atoms with Crippen molar-refractivity contribution in [3.63, 3.8) is 0 Å². The molecule has 2 heterocycles. The predicted octanol–water partition coefficient (Wildman–Crippen LogP) is 8.67. The molecule has 270 valence electrons. The van der Waals surface area contributed by atoms with Crippen LogP contribution in [0.15, 0.2) is 77.2 Å². The average Bonchev–Trinajstić information content (AvgIpc) is 3.25. The number of halogens is 2. The van der Waals surface area contributed by atoms with Crippen molar-refractivity contribution in [2.45, 2.75) is 69.3 Å². The van der Waals surface area contributed by atoms with Gasteiger partial charge in [-0.3, -0.25) is 9.59 Å². The van der Waals surface area contributed by atoms with E-state index in [0.29, 0.717) is 48.3 Å². The van der Waals surface area contributed by atoms with Gasteiger partial charge >= 0.3 is 0 Å². The minimum absolute atomic E-state index is 0.0257. The lowest BCUT2D eigenvalue weighted by atomic mass is 9.68. The van der Waals surface area contributed by atoms with Crippen molar-refractivity contribution in [2.24, 2.45) is 16.2 Å². The number of rotatable bonds is 6. The molecule has 5 atom stereocenters. The Balaban J connectivity index is 1.23. The van der Waals surface area contributed by atoms with Crippen LogP contribution in [-0.4, -0.2) is 60.3 Å². The summed E-state index contributed by atoms with van der Waals surface area (Å²) in [5, 5.41) is 1.38. The summed E-state index contributed by atoms with van der Waals surface area (Å²) >= 11 is 12.5. The van der Waals surface area contributed by atoms with E-state index in [-0.39, 0.29) is 35.2 Å². The molecule has 3 aromatic rings. The molecule has 51 heavy (non-hydrogen) atoms. The van der Waals surface area contributed by atoms with Gasteiger partial charge in [0.15, 0.2) is 0 Å². The molecule has 1 saturated carbocycles. The number of ketones is 1. The Morgan fingerprint density at radius 3 is 2.67 bits per heavy atom. The van der Waals surface area contributed by atoms with Gasteiger partial charge in [-0.15, -0.1) is 0 Å². The second-order valence-electron chi connectivity index (χ2n) is 14.7. The summed E-state index contributed by atoms with van der Waals surface area (Å²) < 4.78 is 31.4. The highest BCUT2D eigenvalue weighted by atomic mass is 35.5. The van der Waals surface area contributed by atoms with E-state index in [2.05, 4.69) is 33.5 Å². The molecule has 1 fully saturated rings. The molecule has 0 radical (unpaired) electrons. The third-order valence-electron chi connectivity index (χ3n) is 11.3. The molecule has 4 aliphatic rings. The number of aryl methyl sites for hydroxylation is 2. The third kappa shape index (κ3) is 8.09. The van der Waals surface area contributed by atoms with Gasteiger partial charge in [-0.05, 0) is 122 Å². The molecular weight excluding hydrogens is 703 g/mol. The van der Waals surface area contributed by atoms with Crippen LogP contribution in [0.4, 0.5) is 5.69 Å². The first-order chi connectivity index (χ1) is 24.6. The number of allylic oxidation sites excluding steroid dienone is 1. The number of anilines is 1. The summed E-state index contributed by atoms with van der Waals surface area (Å²) in [5.41, 5.74) is 4.49. The highest BCUT2D eigenvalue weighted by molar-refractivity contribution is 7.94. The molecular formula is C41H46Cl2N2O5S. The minimum Gasteiger partial charge on any atom is -0.490 e. The van der Waals surface area contributed by atoms with Crippen LogP contribution in [0.3, 0.4) is 0 Å². The van der Waals surface area contributed by atoms with Crippen molar-refractivity contribution in [2.75, 3.05) is 43.2 Å². The number of fused-ring (bicyclic) bond motifs is 4. The van der Waals surface area contributed by atoms with Crippen LogP contribution in [0.2, 0.25) is 10.0 Å². The molecule has 0 saturated heterocycles. The van der Waals surface area contributed by atoms with E-state index >= 15 is 0 Å².